The monoisotopic (exact) mass is 972 g/mol. The summed E-state index contributed by atoms with van der Waals surface area (Å²) in [5.74, 6) is -1.18. The number of aliphatic hydroxyl groups is 7. The van der Waals surface area contributed by atoms with Crippen molar-refractivity contribution in [2.75, 3.05) is 19.8 Å². The molecule has 10 N–H and O–H groups in total. The number of phosphoric acid groups is 1. The van der Waals surface area contributed by atoms with E-state index < -0.39 is 113 Å². The van der Waals surface area contributed by atoms with Crippen molar-refractivity contribution in [1.29, 1.82) is 0 Å². The summed E-state index contributed by atoms with van der Waals surface area (Å²) in [4.78, 5) is 36.5. The molecule has 1 heterocycles. The van der Waals surface area contributed by atoms with E-state index in [-0.39, 0.29) is 12.8 Å². The Balaban J connectivity index is 1.95. The van der Waals surface area contributed by atoms with Gasteiger partial charge in [-0.15, -0.1) is 0 Å². The summed E-state index contributed by atoms with van der Waals surface area (Å²) < 4.78 is 45.8. The lowest BCUT2D eigenvalue weighted by Gasteiger charge is -2.47. The number of unbranched alkanes of at least 4 members (excludes halogenated alkanes) is 24. The molecule has 2 unspecified atom stereocenters. The summed E-state index contributed by atoms with van der Waals surface area (Å²) in [7, 11) is -5.33. The summed E-state index contributed by atoms with van der Waals surface area (Å²) in [6, 6.07) is -1.52. The molecule has 0 aromatic heterocycles. The zero-order chi connectivity index (χ0) is 48.7. The van der Waals surface area contributed by atoms with Crippen molar-refractivity contribution in [2.24, 2.45) is 5.73 Å². The molecule has 0 radical (unpaired) electrons. The molecule has 13 atom stereocenters. The molecular weight excluding hydrogens is 881 g/mol. The van der Waals surface area contributed by atoms with Crippen molar-refractivity contribution in [1.82, 2.24) is 0 Å². The Bertz CT molecular complexity index is 1300. The summed E-state index contributed by atoms with van der Waals surface area (Å²) >= 11 is 0. The number of rotatable bonds is 39. The van der Waals surface area contributed by atoms with Gasteiger partial charge in [-0.3, -0.25) is 18.6 Å². The Kier molecular flexibility index (Phi) is 32.9. The molecule has 1 saturated heterocycles. The van der Waals surface area contributed by atoms with Gasteiger partial charge in [0.2, 0.25) is 0 Å². The number of nitrogens with two attached hydrogens (primary N) is 1. The normalized spacial score (nSPS) is 28.2. The first-order valence-corrected chi connectivity index (χ1v) is 26.9. The highest BCUT2D eigenvalue weighted by molar-refractivity contribution is 7.47. The topological polar surface area (TPSA) is 294 Å². The van der Waals surface area contributed by atoms with Crippen LogP contribution in [0.1, 0.15) is 194 Å². The van der Waals surface area contributed by atoms with Gasteiger partial charge in [-0.05, 0) is 12.8 Å². The summed E-state index contributed by atoms with van der Waals surface area (Å²) in [5.41, 5.74) is 5.95. The number of hydrogen-bond donors (Lipinski definition) is 9. The fourth-order valence-electron chi connectivity index (χ4n) is 8.40. The van der Waals surface area contributed by atoms with Gasteiger partial charge in [-0.25, -0.2) is 4.57 Å². The Labute approximate surface area is 394 Å². The van der Waals surface area contributed by atoms with Gasteiger partial charge in [0.05, 0.1) is 19.3 Å². The third-order valence-electron chi connectivity index (χ3n) is 12.6. The molecule has 19 heteroatoms. The molecule has 2 rings (SSSR count). The third-order valence-corrected chi connectivity index (χ3v) is 13.6. The molecule has 1 aliphatic carbocycles. The molecule has 18 nitrogen and oxygen atoms in total. The molecule has 0 amide bonds. The van der Waals surface area contributed by atoms with Crippen LogP contribution in [0.15, 0.2) is 0 Å². The first-order chi connectivity index (χ1) is 31.7. The highest BCUT2D eigenvalue weighted by Gasteiger charge is 2.55. The summed E-state index contributed by atoms with van der Waals surface area (Å²) in [5, 5.41) is 72.8. The van der Waals surface area contributed by atoms with Crippen molar-refractivity contribution in [3.63, 3.8) is 0 Å². The Hall–Kier alpha value is -1.35. The third kappa shape index (κ3) is 24.5. The van der Waals surface area contributed by atoms with E-state index in [2.05, 4.69) is 13.8 Å². The molecule has 66 heavy (non-hydrogen) atoms. The maximum absolute atomic E-state index is 13.4. The molecule has 0 aromatic rings. The van der Waals surface area contributed by atoms with Crippen molar-refractivity contribution in [3.05, 3.63) is 0 Å². The minimum absolute atomic E-state index is 0.0497. The number of ether oxygens (including phenoxy) is 4. The maximum atomic E-state index is 13.4. The predicted octanol–water partition coefficient (Wildman–Crippen LogP) is 5.51. The minimum Gasteiger partial charge on any atom is -0.462 e. The summed E-state index contributed by atoms with van der Waals surface area (Å²) in [6.07, 6.45) is 9.30. The zero-order valence-electron chi connectivity index (χ0n) is 40.1. The second kappa shape index (κ2) is 35.7. The number of aliphatic hydroxyl groups excluding tert-OH is 7. The SMILES string of the molecule is CCCCCCCCCCCCCCCC(=O)OCC(COP(=O)(O)O[C@@H]1[C@H](O)[C@H](O)[C@@H](O)[C@H](O)[C@H]1O[C@H]1O[C@H](CO)[C@@H](O)[C@H](O)[C@H]1N)OC(=O)CCCCCCCCCCCCCCC. The molecule has 0 spiro atoms. The highest BCUT2D eigenvalue weighted by Crippen LogP contribution is 2.48. The van der Waals surface area contributed by atoms with E-state index in [9.17, 15) is 54.8 Å². The number of phosphoric ester groups is 1. The van der Waals surface area contributed by atoms with Gasteiger partial charge < -0.3 is 65.3 Å². The lowest BCUT2D eigenvalue weighted by atomic mass is 9.84. The van der Waals surface area contributed by atoms with Crippen molar-refractivity contribution in [2.45, 2.75) is 267 Å². The zero-order valence-corrected chi connectivity index (χ0v) is 41.0. The molecule has 0 bridgehead atoms. The molecular formula is C47H90NO17P. The maximum Gasteiger partial charge on any atom is 0.472 e. The van der Waals surface area contributed by atoms with Crippen LogP contribution in [0.25, 0.3) is 0 Å². The van der Waals surface area contributed by atoms with E-state index in [4.69, 9.17) is 33.7 Å². The average molecular weight is 972 g/mol. The summed E-state index contributed by atoms with van der Waals surface area (Å²) in [6.45, 7) is 2.33. The van der Waals surface area contributed by atoms with Gasteiger partial charge in [-0.2, -0.15) is 0 Å². The second-order valence-corrected chi connectivity index (χ2v) is 19.9. The van der Waals surface area contributed by atoms with Crippen LogP contribution in [0.3, 0.4) is 0 Å². The van der Waals surface area contributed by atoms with E-state index in [0.29, 0.717) is 12.8 Å². The van der Waals surface area contributed by atoms with Crippen LogP contribution < -0.4 is 5.73 Å². The second-order valence-electron chi connectivity index (χ2n) is 18.5. The van der Waals surface area contributed by atoms with Crippen molar-refractivity contribution in [3.8, 4) is 0 Å². The van der Waals surface area contributed by atoms with Gasteiger partial charge >= 0.3 is 19.8 Å². The van der Waals surface area contributed by atoms with E-state index in [1.807, 2.05) is 0 Å². The molecule has 1 aliphatic heterocycles. The van der Waals surface area contributed by atoms with Gasteiger partial charge in [0.15, 0.2) is 12.4 Å². The number of carbonyl (C=O) groups excluding carboxylic acids is 2. The first kappa shape index (κ1) is 60.8. The Morgan fingerprint density at radius 3 is 1.41 bits per heavy atom. The lowest BCUT2D eigenvalue weighted by molar-refractivity contribution is -0.315. The molecule has 2 fully saturated rings. The van der Waals surface area contributed by atoms with Crippen LogP contribution in [-0.2, 0) is 42.1 Å². The predicted molar refractivity (Wildman–Crippen MR) is 247 cm³/mol. The Morgan fingerprint density at radius 2 is 0.970 bits per heavy atom. The quantitative estimate of drug-likeness (QED) is 0.0208. The largest absolute Gasteiger partial charge is 0.472 e. The number of hydrogen-bond acceptors (Lipinski definition) is 17. The average Bonchev–Trinajstić information content (AvgIpc) is 3.29. The molecule has 1 saturated carbocycles. The van der Waals surface area contributed by atoms with E-state index in [1.165, 1.54) is 103 Å². The highest BCUT2D eigenvalue weighted by atomic mass is 31.2. The fraction of sp³-hybridized carbons (Fsp3) is 0.957. The van der Waals surface area contributed by atoms with Gasteiger partial charge in [0.25, 0.3) is 0 Å². The van der Waals surface area contributed by atoms with E-state index in [0.717, 1.165) is 51.4 Å². The standard InChI is InChI=1S/C47H90NO17P/c1-3-5-7-9-11-13-15-17-19-21-23-25-27-29-36(50)60-32-34(62-37(51)30-28-26-24-22-20-18-16-14-12-10-8-6-4-2)33-61-66(58,59)65-46-44(57)42(55)41(54)43(56)45(46)64-47-38(48)40(53)39(52)35(31-49)63-47/h34-35,38-47,49,52-57H,3-33,48H2,1-2H3,(H,58,59)/t34?,35-,38-,39-,40-,41-,42-,43+,44-,45-,46-,47-/m1/s1. The van der Waals surface area contributed by atoms with Crippen molar-refractivity contribution >= 4 is 19.8 Å². The van der Waals surface area contributed by atoms with Crippen LogP contribution in [0.5, 0.6) is 0 Å². The van der Waals surface area contributed by atoms with Crippen LogP contribution in [-0.4, -0.2) is 146 Å². The minimum atomic E-state index is -5.33. The van der Waals surface area contributed by atoms with Gasteiger partial charge in [0, 0.05) is 12.8 Å². The van der Waals surface area contributed by atoms with Crippen LogP contribution in [0.4, 0.5) is 0 Å². The van der Waals surface area contributed by atoms with E-state index >= 15 is 0 Å². The molecule has 0 aromatic carbocycles. The first-order valence-electron chi connectivity index (χ1n) is 25.4. The van der Waals surface area contributed by atoms with Gasteiger partial charge in [-0.1, -0.05) is 168 Å². The van der Waals surface area contributed by atoms with Crippen LogP contribution in [0.2, 0.25) is 0 Å². The lowest BCUT2D eigenvalue weighted by Crippen LogP contribution is -2.68. The smallest absolute Gasteiger partial charge is 0.462 e. The number of esters is 2. The Morgan fingerprint density at radius 1 is 0.561 bits per heavy atom. The molecule has 2 aliphatic rings. The van der Waals surface area contributed by atoms with Crippen molar-refractivity contribution < 1.29 is 82.8 Å². The van der Waals surface area contributed by atoms with Gasteiger partial charge in [0.1, 0.15) is 61.5 Å². The molecule has 390 valence electrons. The van der Waals surface area contributed by atoms with E-state index in [1.54, 1.807) is 0 Å². The van der Waals surface area contributed by atoms with Crippen LogP contribution >= 0.6 is 7.82 Å². The number of carbonyl (C=O) groups is 2. The van der Waals surface area contributed by atoms with Crippen LogP contribution in [0, 0.1) is 0 Å². The fourth-order valence-corrected chi connectivity index (χ4v) is 9.37.